The maximum atomic E-state index is 11.6. The van der Waals surface area contributed by atoms with Gasteiger partial charge in [0.25, 0.3) is 0 Å². The van der Waals surface area contributed by atoms with Crippen LogP contribution >= 0.6 is 0 Å². The minimum atomic E-state index is -4.59. The summed E-state index contributed by atoms with van der Waals surface area (Å²) in [5.74, 6) is -0.165. The molecule has 0 bridgehead atoms. The Balaban J connectivity index is 2.71. The van der Waals surface area contributed by atoms with Crippen molar-refractivity contribution >= 4 is 15.4 Å². The summed E-state index contributed by atoms with van der Waals surface area (Å²) in [6.45, 7) is 0. The van der Waals surface area contributed by atoms with Gasteiger partial charge in [0.15, 0.2) is 0 Å². The molecule has 0 N–H and O–H groups in total. The van der Waals surface area contributed by atoms with E-state index in [1.165, 1.54) is 12.1 Å². The maximum absolute atomic E-state index is 11.6. The highest BCUT2D eigenvalue weighted by molar-refractivity contribution is 6.32. The van der Waals surface area contributed by atoms with Crippen molar-refractivity contribution in [2.45, 2.75) is 6.36 Å². The van der Waals surface area contributed by atoms with E-state index in [-0.39, 0.29) is 5.75 Å². The molecule has 5 heteroatoms. The highest BCUT2D eigenvalue weighted by Gasteiger charge is 2.30. The number of alkyl halides is 3. The van der Waals surface area contributed by atoms with E-state index in [2.05, 4.69) is 4.74 Å². The molecule has 0 aliphatic rings. The Morgan fingerprint density at radius 3 is 2.00 bits per heavy atom. The van der Waals surface area contributed by atoms with E-state index in [9.17, 15) is 13.2 Å². The SMILES string of the molecule is FC(F)(F)Oc1ccc([SiH3])cc1. The first-order valence-corrected chi connectivity index (χ1v) is 4.30. The van der Waals surface area contributed by atoms with Crippen LogP contribution in [0.2, 0.25) is 0 Å². The van der Waals surface area contributed by atoms with Gasteiger partial charge in [0, 0.05) is 10.2 Å². The molecule has 1 aromatic rings. The summed E-state index contributed by atoms with van der Waals surface area (Å²) >= 11 is 0. The van der Waals surface area contributed by atoms with Gasteiger partial charge in [-0.1, -0.05) is 17.3 Å². The highest BCUT2D eigenvalue weighted by atomic mass is 28.1. The maximum Gasteiger partial charge on any atom is 0.573 e. The lowest BCUT2D eigenvalue weighted by Gasteiger charge is -2.08. The number of benzene rings is 1. The highest BCUT2D eigenvalue weighted by Crippen LogP contribution is 2.21. The summed E-state index contributed by atoms with van der Waals surface area (Å²) < 4.78 is 38.6. The van der Waals surface area contributed by atoms with Crippen LogP contribution in [0.15, 0.2) is 24.3 Å². The number of rotatable bonds is 1. The Bertz CT molecular complexity index is 254. The molecule has 0 atom stereocenters. The molecule has 0 fully saturated rings. The van der Waals surface area contributed by atoms with Crippen molar-refractivity contribution in [3.8, 4) is 5.75 Å². The van der Waals surface area contributed by atoms with Gasteiger partial charge < -0.3 is 4.74 Å². The molecule has 0 aliphatic heterocycles. The van der Waals surface area contributed by atoms with E-state index >= 15 is 0 Å². The van der Waals surface area contributed by atoms with E-state index in [4.69, 9.17) is 0 Å². The van der Waals surface area contributed by atoms with Crippen LogP contribution in [0.1, 0.15) is 0 Å². The lowest BCUT2D eigenvalue weighted by Crippen LogP contribution is -2.17. The minimum Gasteiger partial charge on any atom is -0.406 e. The fourth-order valence-corrected chi connectivity index (χ4v) is 1.07. The second kappa shape index (κ2) is 3.18. The standard InChI is InChI=1S/C7H7F3OSi/c8-7(9,10)11-5-1-3-6(12)4-2-5/h1-4H,12H3. The number of hydrogen-bond acceptors (Lipinski definition) is 1. The predicted molar refractivity (Wildman–Crippen MR) is 42.7 cm³/mol. The first kappa shape index (κ1) is 9.12. The lowest BCUT2D eigenvalue weighted by atomic mass is 10.3. The van der Waals surface area contributed by atoms with Gasteiger partial charge in [-0.2, -0.15) is 0 Å². The van der Waals surface area contributed by atoms with Crippen LogP contribution in [0.25, 0.3) is 0 Å². The van der Waals surface area contributed by atoms with Crippen LogP contribution in [0.4, 0.5) is 13.2 Å². The topological polar surface area (TPSA) is 9.23 Å². The molecule has 1 nitrogen and oxygen atoms in total. The largest absolute Gasteiger partial charge is 0.573 e. The summed E-state index contributed by atoms with van der Waals surface area (Å²) in [7, 11) is 0.827. The van der Waals surface area contributed by atoms with E-state index in [1.54, 1.807) is 12.1 Å². The quantitative estimate of drug-likeness (QED) is 0.591. The molecule has 0 unspecified atom stereocenters. The first-order chi connectivity index (χ1) is 5.47. The van der Waals surface area contributed by atoms with E-state index < -0.39 is 6.36 Å². The molecule has 0 heterocycles. The van der Waals surface area contributed by atoms with Gasteiger partial charge in [0.2, 0.25) is 0 Å². The van der Waals surface area contributed by atoms with Gasteiger partial charge >= 0.3 is 6.36 Å². The van der Waals surface area contributed by atoms with Crippen molar-refractivity contribution in [2.75, 3.05) is 0 Å². The molecule has 0 saturated heterocycles. The third-order valence-electron chi connectivity index (χ3n) is 1.25. The Labute approximate surface area is 70.6 Å². The normalized spacial score (nSPS) is 11.6. The van der Waals surface area contributed by atoms with E-state index in [1.807, 2.05) is 0 Å². The zero-order chi connectivity index (χ0) is 9.19. The van der Waals surface area contributed by atoms with Crippen molar-refractivity contribution in [2.24, 2.45) is 0 Å². The Hall–Kier alpha value is -0.973. The van der Waals surface area contributed by atoms with Crippen LogP contribution in [0.5, 0.6) is 5.75 Å². The monoisotopic (exact) mass is 192 g/mol. The van der Waals surface area contributed by atoms with E-state index in [0.717, 1.165) is 15.4 Å². The van der Waals surface area contributed by atoms with Gasteiger partial charge in [-0.15, -0.1) is 13.2 Å². The van der Waals surface area contributed by atoms with Crippen LogP contribution in [0.3, 0.4) is 0 Å². The molecule has 0 saturated carbocycles. The fraction of sp³-hybridized carbons (Fsp3) is 0.143. The van der Waals surface area contributed by atoms with Gasteiger partial charge in [0.1, 0.15) is 5.75 Å². The van der Waals surface area contributed by atoms with Crippen LogP contribution in [0, 0.1) is 0 Å². The van der Waals surface area contributed by atoms with Crippen LogP contribution in [-0.2, 0) is 0 Å². The number of hydrogen-bond donors (Lipinski definition) is 0. The van der Waals surface area contributed by atoms with Crippen molar-refractivity contribution in [1.29, 1.82) is 0 Å². The molecule has 12 heavy (non-hydrogen) atoms. The minimum absolute atomic E-state index is 0.165. The molecular weight excluding hydrogens is 185 g/mol. The molecule has 0 aliphatic carbocycles. The third-order valence-corrected chi connectivity index (χ3v) is 1.92. The van der Waals surface area contributed by atoms with Gasteiger partial charge in [-0.25, -0.2) is 0 Å². The smallest absolute Gasteiger partial charge is 0.406 e. The average molecular weight is 192 g/mol. The van der Waals surface area contributed by atoms with Gasteiger partial charge in [0.05, 0.1) is 0 Å². The lowest BCUT2D eigenvalue weighted by molar-refractivity contribution is -0.274. The Morgan fingerprint density at radius 1 is 1.08 bits per heavy atom. The molecule has 0 spiro atoms. The summed E-state index contributed by atoms with van der Waals surface area (Å²) in [6.07, 6.45) is -4.59. The van der Waals surface area contributed by atoms with Crippen molar-refractivity contribution in [3.63, 3.8) is 0 Å². The first-order valence-electron chi connectivity index (χ1n) is 3.30. The second-order valence-corrected chi connectivity index (χ2v) is 3.52. The predicted octanol–water partition coefficient (Wildman–Crippen LogP) is 0.576. The fourth-order valence-electron chi connectivity index (χ4n) is 0.740. The number of halogens is 3. The summed E-state index contributed by atoms with van der Waals surface area (Å²) in [4.78, 5) is 0. The molecule has 0 amide bonds. The number of ether oxygens (including phenoxy) is 1. The Kier molecular flexibility index (Phi) is 2.42. The van der Waals surface area contributed by atoms with E-state index in [0.29, 0.717) is 0 Å². The summed E-state index contributed by atoms with van der Waals surface area (Å²) in [6, 6.07) is 5.87. The summed E-state index contributed by atoms with van der Waals surface area (Å²) in [5.41, 5.74) is 0. The molecule has 1 rings (SSSR count). The molecule has 0 aromatic heterocycles. The zero-order valence-electron chi connectivity index (χ0n) is 6.35. The van der Waals surface area contributed by atoms with Crippen molar-refractivity contribution < 1.29 is 17.9 Å². The molecule has 66 valence electrons. The van der Waals surface area contributed by atoms with Crippen LogP contribution < -0.4 is 9.92 Å². The third kappa shape index (κ3) is 2.96. The molecule has 1 aromatic carbocycles. The average Bonchev–Trinajstić information content (AvgIpc) is 1.91. The molecule has 0 radical (unpaired) electrons. The van der Waals surface area contributed by atoms with Crippen molar-refractivity contribution in [1.82, 2.24) is 0 Å². The summed E-state index contributed by atoms with van der Waals surface area (Å²) in [5, 5.41) is 1.03. The van der Waals surface area contributed by atoms with Crippen LogP contribution in [-0.4, -0.2) is 16.6 Å². The Morgan fingerprint density at radius 2 is 1.58 bits per heavy atom. The second-order valence-electron chi connectivity index (χ2n) is 2.36. The molecular formula is C7H7F3OSi. The van der Waals surface area contributed by atoms with Gasteiger partial charge in [-0.05, 0) is 12.1 Å². The zero-order valence-corrected chi connectivity index (χ0v) is 8.35. The van der Waals surface area contributed by atoms with Gasteiger partial charge in [-0.3, -0.25) is 0 Å². The van der Waals surface area contributed by atoms with Crippen molar-refractivity contribution in [3.05, 3.63) is 24.3 Å².